The highest BCUT2D eigenvalue weighted by Crippen LogP contribution is 2.58. The van der Waals surface area contributed by atoms with Crippen molar-refractivity contribution in [2.45, 2.75) is 60.8 Å². The molecule has 0 atom stereocenters. The van der Waals surface area contributed by atoms with Crippen molar-refractivity contribution in [3.63, 3.8) is 0 Å². The van der Waals surface area contributed by atoms with Gasteiger partial charge in [-0.1, -0.05) is 31.7 Å². The van der Waals surface area contributed by atoms with Crippen LogP contribution in [0.25, 0.3) is 21.7 Å². The van der Waals surface area contributed by atoms with Gasteiger partial charge in [0.05, 0.1) is 21.7 Å². The van der Waals surface area contributed by atoms with Gasteiger partial charge in [0.25, 0.3) is 10.1 Å². The maximum atomic E-state index is 13.2. The number of nitrogens with two attached hydrogens (primary N) is 1. The molecular weight excluding hydrogens is 554 g/mol. The molecule has 0 unspecified atom stereocenters. The van der Waals surface area contributed by atoms with Crippen molar-refractivity contribution in [3.8, 4) is 11.3 Å². The highest BCUT2D eigenvalue weighted by Gasteiger charge is 2.67. The number of hydrogen-bond donors (Lipinski definition) is 3. The number of sulfonamides is 1. The number of nitrogens with one attached hydrogen (secondary N) is 1. The Morgan fingerprint density at radius 3 is 2.42 bits per heavy atom. The summed E-state index contributed by atoms with van der Waals surface area (Å²) in [6.07, 6.45) is 4.87. The summed E-state index contributed by atoms with van der Waals surface area (Å²) in [6.45, 7) is 4.86. The lowest BCUT2D eigenvalue weighted by Crippen LogP contribution is -2.57. The summed E-state index contributed by atoms with van der Waals surface area (Å²) in [6, 6.07) is 11.3. The van der Waals surface area contributed by atoms with E-state index in [0.717, 1.165) is 0 Å². The molecule has 12 nitrogen and oxygen atoms in total. The third kappa shape index (κ3) is 5.28. The number of imidazole rings is 1. The molecule has 0 saturated heterocycles. The summed E-state index contributed by atoms with van der Waals surface area (Å²) in [4.78, 5) is 11.6. The van der Waals surface area contributed by atoms with Crippen LogP contribution in [0.3, 0.4) is 0 Å². The molecule has 0 amide bonds. The second-order valence-electron chi connectivity index (χ2n) is 9.60. The van der Waals surface area contributed by atoms with E-state index >= 15 is 0 Å². The number of nitrogen functional groups attached to an aromatic ring is 1. The maximum Gasteiger partial charge on any atom is 0.294 e. The van der Waals surface area contributed by atoms with E-state index in [9.17, 15) is 16.8 Å². The van der Waals surface area contributed by atoms with Crippen molar-refractivity contribution in [1.82, 2.24) is 24.3 Å². The lowest BCUT2D eigenvalue weighted by molar-refractivity contribution is 0.218. The summed E-state index contributed by atoms with van der Waals surface area (Å²) in [5, 5.41) is 4.10. The Balaban J connectivity index is 0.000000329. The monoisotopic (exact) mass is 586 g/mol. The van der Waals surface area contributed by atoms with Crippen molar-refractivity contribution in [3.05, 3.63) is 78.0 Å². The van der Waals surface area contributed by atoms with Gasteiger partial charge in [-0.25, -0.2) is 34.2 Å². The topological polar surface area (TPSA) is 174 Å². The molecule has 4 aromatic rings. The Morgan fingerprint density at radius 1 is 1.10 bits per heavy atom. The minimum Gasteiger partial charge on any atom is -0.381 e. The number of hydrogen-bond acceptors (Lipinski definition) is 8. The predicted octanol–water partition coefficient (Wildman–Crippen LogP) is 3.51. The van der Waals surface area contributed by atoms with E-state index in [1.165, 1.54) is 47.4 Å². The largest absolute Gasteiger partial charge is 0.381 e. The van der Waals surface area contributed by atoms with Crippen molar-refractivity contribution in [2.24, 2.45) is 0 Å². The molecule has 3 aliphatic carbocycles. The number of anilines is 1. The van der Waals surface area contributed by atoms with E-state index in [1.54, 1.807) is 18.2 Å². The Labute approximate surface area is 237 Å². The summed E-state index contributed by atoms with van der Waals surface area (Å²) in [5.41, 5.74) is 5.41. The summed E-state index contributed by atoms with van der Waals surface area (Å²) in [7, 11) is -7.96. The maximum absolute atomic E-state index is 13.2. The average molecular weight is 587 g/mol. The van der Waals surface area contributed by atoms with Crippen molar-refractivity contribution < 1.29 is 25.5 Å². The normalized spacial score (nSPS) is 22.9. The van der Waals surface area contributed by atoms with Gasteiger partial charge in [-0.15, -0.1) is 0 Å². The first-order valence-electron chi connectivity index (χ1n) is 13.1. The number of benzene rings is 2. The molecule has 2 bridgehead atoms. The summed E-state index contributed by atoms with van der Waals surface area (Å²) >= 11 is 0. The Kier molecular flexibility index (Phi) is 6.43. The quantitative estimate of drug-likeness (QED) is 0.233. The smallest absolute Gasteiger partial charge is 0.294 e. The molecule has 2 heterocycles. The van der Waals surface area contributed by atoms with Gasteiger partial charge in [-0.2, -0.15) is 13.5 Å². The first-order valence-corrected chi connectivity index (χ1v) is 14.5. The van der Waals surface area contributed by atoms with Gasteiger partial charge in [0.1, 0.15) is 6.33 Å². The minimum absolute atomic E-state index is 0. The van der Waals surface area contributed by atoms with E-state index in [1.807, 2.05) is 0 Å². The SMILES string of the molecule is C.O=S(=O)(O)c1ccccc1.[2H]C([2H])([2H])c1ccc(S(=O)(=O)NC23CCC([N+]#[C-])(C2)C3)cc1-c1cnc2c(N)ncnn12. The van der Waals surface area contributed by atoms with Gasteiger partial charge in [0.15, 0.2) is 11.5 Å². The van der Waals surface area contributed by atoms with Gasteiger partial charge >= 0.3 is 0 Å². The molecule has 3 fully saturated rings. The third-order valence-electron chi connectivity index (χ3n) is 6.94. The van der Waals surface area contributed by atoms with Gasteiger partial charge in [-0.05, 0) is 43.1 Å². The van der Waals surface area contributed by atoms with Crippen molar-refractivity contribution in [1.29, 1.82) is 0 Å². The van der Waals surface area contributed by atoms with Crippen molar-refractivity contribution in [2.75, 3.05) is 5.73 Å². The molecule has 0 aliphatic heterocycles. The Hall–Kier alpha value is -3.90. The molecular formula is C26H29N7O5S2. The standard InChI is InChI=1S/C19H19N7O2S.C6H6O3S.CH4/c1-12-3-4-13(29(27,28)25-19-6-5-18(9-19,10-19)21-2)7-14(12)15-8-22-17-16(20)23-11-24-26(15)17;7-10(8,9)6-4-2-1-3-5-6;/h3-4,7-8,11,25H,5-6,9-10H2,1H3,(H2,20,23,24);1-5H,(H,7,8,9);1H4/i1D3;;. The molecule has 0 spiro atoms. The van der Waals surface area contributed by atoms with Gasteiger partial charge in [0.2, 0.25) is 15.6 Å². The molecule has 210 valence electrons. The molecule has 3 saturated carbocycles. The fourth-order valence-corrected chi connectivity index (χ4v) is 7.10. The lowest BCUT2D eigenvalue weighted by atomic mass is 9.72. The Bertz CT molecular complexity index is 1940. The number of nitrogens with zero attached hydrogens (tertiary/aromatic N) is 5. The zero-order valence-electron chi connectivity index (χ0n) is 23.3. The van der Waals surface area contributed by atoms with Gasteiger partial charge < -0.3 is 10.6 Å². The van der Waals surface area contributed by atoms with Crippen molar-refractivity contribution >= 4 is 31.6 Å². The number of fused-ring (bicyclic) bond motifs is 2. The first kappa shape index (κ1) is 25.1. The van der Waals surface area contributed by atoms with E-state index in [-0.39, 0.29) is 45.5 Å². The second-order valence-corrected chi connectivity index (χ2v) is 12.7. The van der Waals surface area contributed by atoms with Crippen LogP contribution in [0.15, 0.2) is 70.8 Å². The predicted molar refractivity (Wildman–Crippen MR) is 149 cm³/mol. The molecule has 3 aliphatic rings. The molecule has 0 radical (unpaired) electrons. The van der Waals surface area contributed by atoms with Crippen LogP contribution in [0.1, 0.15) is 42.8 Å². The highest BCUT2D eigenvalue weighted by molar-refractivity contribution is 7.89. The van der Waals surface area contributed by atoms with E-state index in [4.69, 9.17) is 21.0 Å². The van der Waals surface area contributed by atoms with Crippen LogP contribution >= 0.6 is 0 Å². The number of aromatic nitrogens is 4. The van der Waals surface area contributed by atoms with Crippen LogP contribution in [-0.2, 0) is 20.1 Å². The molecule has 14 heteroatoms. The summed E-state index contributed by atoms with van der Waals surface area (Å²) < 4.78 is 83.5. The highest BCUT2D eigenvalue weighted by atomic mass is 32.2. The fraction of sp³-hybridized carbons (Fsp3) is 0.308. The van der Waals surface area contributed by atoms with Crippen LogP contribution in [0.4, 0.5) is 5.82 Å². The molecule has 2 aromatic carbocycles. The molecule has 7 rings (SSSR count). The Morgan fingerprint density at radius 2 is 1.82 bits per heavy atom. The van der Waals surface area contributed by atoms with Crippen LogP contribution < -0.4 is 10.5 Å². The average Bonchev–Trinajstić information content (AvgIpc) is 3.60. The molecule has 4 N–H and O–H groups in total. The van der Waals surface area contributed by atoms with Gasteiger partial charge in [0, 0.05) is 34.5 Å². The van der Waals surface area contributed by atoms with Crippen LogP contribution in [-0.4, -0.2) is 52.0 Å². The first-order chi connectivity index (χ1) is 19.6. The second kappa shape index (κ2) is 10.3. The summed E-state index contributed by atoms with van der Waals surface area (Å²) in [5.74, 6) is 0.112. The van der Waals surface area contributed by atoms with E-state index < -0.39 is 38.1 Å². The molecule has 2 aromatic heterocycles. The molecule has 40 heavy (non-hydrogen) atoms. The number of rotatable bonds is 5. The van der Waals surface area contributed by atoms with E-state index in [2.05, 4.69) is 24.6 Å². The zero-order chi connectivity index (χ0) is 30.6. The van der Waals surface area contributed by atoms with Crippen LogP contribution in [0, 0.1) is 13.4 Å². The number of aryl methyl sites for hydroxylation is 1. The van der Waals surface area contributed by atoms with Crippen LogP contribution in [0.5, 0.6) is 0 Å². The fourth-order valence-electron chi connectivity index (χ4n) is 5.15. The lowest BCUT2D eigenvalue weighted by Gasteiger charge is -2.39. The zero-order valence-corrected chi connectivity index (χ0v) is 21.9. The van der Waals surface area contributed by atoms with Gasteiger partial charge in [-0.3, -0.25) is 4.55 Å². The minimum atomic E-state index is -4.00. The van der Waals surface area contributed by atoms with E-state index in [0.29, 0.717) is 25.7 Å². The van der Waals surface area contributed by atoms with Crippen LogP contribution in [0.2, 0.25) is 0 Å². The third-order valence-corrected chi connectivity index (χ3v) is 9.39.